The molecule has 0 unspecified atom stereocenters. The minimum absolute atomic E-state index is 0.474. The standard InChI is InChI=1S/C13H12N4O/c1-9-7-17-8-10(2)16-13(12(17)15-9)18-11-5-3-4-6-14-11/h3-8H,1-2H3. The summed E-state index contributed by atoms with van der Waals surface area (Å²) in [4.78, 5) is 12.9. The second-order valence-corrected chi connectivity index (χ2v) is 4.07. The fraction of sp³-hybridized carbons (Fsp3) is 0.154. The summed E-state index contributed by atoms with van der Waals surface area (Å²) in [5, 5.41) is 0. The van der Waals surface area contributed by atoms with E-state index in [0.717, 1.165) is 11.4 Å². The van der Waals surface area contributed by atoms with E-state index in [9.17, 15) is 0 Å². The highest BCUT2D eigenvalue weighted by Gasteiger charge is 2.10. The second-order valence-electron chi connectivity index (χ2n) is 4.07. The molecule has 0 aliphatic carbocycles. The molecule has 3 aromatic heterocycles. The normalized spacial score (nSPS) is 10.8. The molecule has 3 rings (SSSR count). The smallest absolute Gasteiger partial charge is 0.265 e. The van der Waals surface area contributed by atoms with Crippen molar-refractivity contribution in [3.8, 4) is 11.8 Å². The van der Waals surface area contributed by atoms with Gasteiger partial charge in [0.05, 0.1) is 11.4 Å². The monoisotopic (exact) mass is 240 g/mol. The Kier molecular flexibility index (Phi) is 2.44. The van der Waals surface area contributed by atoms with Crippen molar-refractivity contribution in [2.75, 3.05) is 0 Å². The zero-order valence-corrected chi connectivity index (χ0v) is 10.2. The number of aryl methyl sites for hydroxylation is 2. The fourth-order valence-electron chi connectivity index (χ4n) is 1.79. The van der Waals surface area contributed by atoms with Gasteiger partial charge in [-0.1, -0.05) is 6.07 Å². The third-order valence-electron chi connectivity index (χ3n) is 2.49. The zero-order valence-electron chi connectivity index (χ0n) is 10.2. The Morgan fingerprint density at radius 2 is 1.83 bits per heavy atom. The van der Waals surface area contributed by atoms with E-state index in [4.69, 9.17) is 4.74 Å². The van der Waals surface area contributed by atoms with Gasteiger partial charge in [-0.25, -0.2) is 15.0 Å². The van der Waals surface area contributed by atoms with Crippen molar-refractivity contribution in [2.24, 2.45) is 0 Å². The molecule has 3 aromatic rings. The Labute approximate surface area is 104 Å². The van der Waals surface area contributed by atoms with Gasteiger partial charge >= 0.3 is 0 Å². The summed E-state index contributed by atoms with van der Waals surface area (Å²) >= 11 is 0. The van der Waals surface area contributed by atoms with Crippen LogP contribution in [0.5, 0.6) is 11.8 Å². The summed E-state index contributed by atoms with van der Waals surface area (Å²) in [6.07, 6.45) is 5.54. The second kappa shape index (κ2) is 4.10. The molecule has 0 atom stereocenters. The number of nitrogens with zero attached hydrogens (tertiary/aromatic N) is 4. The van der Waals surface area contributed by atoms with Crippen molar-refractivity contribution in [3.63, 3.8) is 0 Å². The highest BCUT2D eigenvalue weighted by atomic mass is 16.5. The highest BCUT2D eigenvalue weighted by molar-refractivity contribution is 5.51. The van der Waals surface area contributed by atoms with E-state index in [1.54, 1.807) is 12.3 Å². The molecule has 0 saturated carbocycles. The van der Waals surface area contributed by atoms with Gasteiger partial charge in [0.15, 0.2) is 0 Å². The quantitative estimate of drug-likeness (QED) is 0.690. The van der Waals surface area contributed by atoms with Crippen LogP contribution < -0.4 is 4.74 Å². The van der Waals surface area contributed by atoms with Crippen molar-refractivity contribution < 1.29 is 4.74 Å². The molecule has 0 amide bonds. The van der Waals surface area contributed by atoms with Crippen LogP contribution in [-0.4, -0.2) is 19.4 Å². The molecule has 0 saturated heterocycles. The van der Waals surface area contributed by atoms with Crippen molar-refractivity contribution in [1.82, 2.24) is 19.4 Å². The summed E-state index contributed by atoms with van der Waals surface area (Å²) in [6, 6.07) is 5.49. The first-order valence-electron chi connectivity index (χ1n) is 5.64. The van der Waals surface area contributed by atoms with Gasteiger partial charge in [0.1, 0.15) is 0 Å². The van der Waals surface area contributed by atoms with Crippen LogP contribution in [0.2, 0.25) is 0 Å². The van der Waals surface area contributed by atoms with Gasteiger partial charge in [-0.05, 0) is 19.9 Å². The molecule has 0 aliphatic rings. The summed E-state index contributed by atoms with van der Waals surface area (Å²) in [7, 11) is 0. The number of fused-ring (bicyclic) bond motifs is 1. The van der Waals surface area contributed by atoms with E-state index < -0.39 is 0 Å². The Morgan fingerprint density at radius 3 is 2.56 bits per heavy atom. The van der Waals surface area contributed by atoms with Crippen molar-refractivity contribution in [2.45, 2.75) is 13.8 Å². The first kappa shape index (κ1) is 10.7. The lowest BCUT2D eigenvalue weighted by Gasteiger charge is -2.05. The average Bonchev–Trinajstić information content (AvgIpc) is 2.71. The molecule has 3 heterocycles. The SMILES string of the molecule is Cc1cn2cc(C)nc2c(Oc2ccccn2)n1. The van der Waals surface area contributed by atoms with Crippen LogP contribution in [0.1, 0.15) is 11.4 Å². The van der Waals surface area contributed by atoms with Gasteiger partial charge in [-0.15, -0.1) is 0 Å². The minimum Gasteiger partial charge on any atom is -0.417 e. The molecular formula is C13H12N4O. The highest BCUT2D eigenvalue weighted by Crippen LogP contribution is 2.22. The van der Waals surface area contributed by atoms with Crippen molar-refractivity contribution in [1.29, 1.82) is 0 Å². The molecule has 18 heavy (non-hydrogen) atoms. The van der Waals surface area contributed by atoms with E-state index >= 15 is 0 Å². The van der Waals surface area contributed by atoms with Crippen molar-refractivity contribution >= 4 is 5.65 Å². The molecule has 90 valence electrons. The number of imidazole rings is 1. The number of ether oxygens (including phenoxy) is 1. The molecule has 0 spiro atoms. The minimum atomic E-state index is 0.474. The van der Waals surface area contributed by atoms with Crippen LogP contribution in [0.3, 0.4) is 0 Å². The number of aromatic nitrogens is 4. The Hall–Kier alpha value is -2.43. The molecule has 5 nitrogen and oxygen atoms in total. The fourth-order valence-corrected chi connectivity index (χ4v) is 1.79. The predicted molar refractivity (Wildman–Crippen MR) is 66.8 cm³/mol. The maximum Gasteiger partial charge on any atom is 0.265 e. The summed E-state index contributed by atoms with van der Waals surface area (Å²) < 4.78 is 7.59. The molecule has 0 fully saturated rings. The third kappa shape index (κ3) is 1.90. The number of pyridine rings is 1. The summed E-state index contributed by atoms with van der Waals surface area (Å²) in [5.41, 5.74) is 2.49. The first-order valence-corrected chi connectivity index (χ1v) is 5.64. The van der Waals surface area contributed by atoms with Crippen LogP contribution in [0.4, 0.5) is 0 Å². The Bertz CT molecular complexity index is 691. The van der Waals surface area contributed by atoms with Crippen LogP contribution in [-0.2, 0) is 0 Å². The van der Waals surface area contributed by atoms with Crippen LogP contribution in [0.15, 0.2) is 36.8 Å². The maximum absolute atomic E-state index is 5.68. The van der Waals surface area contributed by atoms with Gasteiger partial charge in [0.25, 0.3) is 5.88 Å². The topological polar surface area (TPSA) is 52.3 Å². The number of rotatable bonds is 2. The maximum atomic E-state index is 5.68. The van der Waals surface area contributed by atoms with Gasteiger partial charge in [0.2, 0.25) is 11.5 Å². The predicted octanol–water partition coefficient (Wildman–Crippen LogP) is 2.53. The Morgan fingerprint density at radius 1 is 1.06 bits per heavy atom. The lowest BCUT2D eigenvalue weighted by atomic mass is 10.5. The van der Waals surface area contributed by atoms with Gasteiger partial charge in [-0.2, -0.15) is 0 Å². The zero-order chi connectivity index (χ0) is 12.5. The molecular weight excluding hydrogens is 228 g/mol. The largest absolute Gasteiger partial charge is 0.417 e. The lowest BCUT2D eigenvalue weighted by molar-refractivity contribution is 0.445. The summed E-state index contributed by atoms with van der Waals surface area (Å²) in [5.74, 6) is 0.986. The molecule has 0 bridgehead atoms. The first-order chi connectivity index (χ1) is 8.72. The Balaban J connectivity index is 2.10. The van der Waals surface area contributed by atoms with Crippen LogP contribution >= 0.6 is 0 Å². The van der Waals surface area contributed by atoms with E-state index in [1.807, 2.05) is 42.8 Å². The molecule has 0 radical (unpaired) electrons. The van der Waals surface area contributed by atoms with Crippen molar-refractivity contribution in [3.05, 3.63) is 48.2 Å². The average molecular weight is 240 g/mol. The van der Waals surface area contributed by atoms with E-state index in [1.165, 1.54) is 0 Å². The molecule has 5 heteroatoms. The van der Waals surface area contributed by atoms with Crippen LogP contribution in [0.25, 0.3) is 5.65 Å². The van der Waals surface area contributed by atoms with Gasteiger partial charge < -0.3 is 9.14 Å². The van der Waals surface area contributed by atoms with Gasteiger partial charge in [0, 0.05) is 24.7 Å². The van der Waals surface area contributed by atoms with E-state index in [0.29, 0.717) is 17.4 Å². The van der Waals surface area contributed by atoms with E-state index in [2.05, 4.69) is 15.0 Å². The molecule has 0 aliphatic heterocycles. The summed E-state index contributed by atoms with van der Waals surface area (Å²) in [6.45, 7) is 3.85. The molecule has 0 N–H and O–H groups in total. The molecule has 0 aromatic carbocycles. The number of hydrogen-bond donors (Lipinski definition) is 0. The number of hydrogen-bond acceptors (Lipinski definition) is 4. The van der Waals surface area contributed by atoms with Crippen LogP contribution in [0, 0.1) is 13.8 Å². The third-order valence-corrected chi connectivity index (χ3v) is 2.49. The van der Waals surface area contributed by atoms with Gasteiger partial charge in [-0.3, -0.25) is 0 Å². The lowest BCUT2D eigenvalue weighted by Crippen LogP contribution is -1.97. The van der Waals surface area contributed by atoms with E-state index in [-0.39, 0.29) is 0 Å².